The summed E-state index contributed by atoms with van der Waals surface area (Å²) in [4.78, 5) is 132. The molecule has 13 rings (SSSR count). The van der Waals surface area contributed by atoms with Gasteiger partial charge in [0.1, 0.15) is 114 Å². The maximum Gasteiger partial charge on any atom is 0.358 e. The lowest BCUT2D eigenvalue weighted by Crippen LogP contribution is -2.58. The molecule has 12 heterocycles. The van der Waals surface area contributed by atoms with Gasteiger partial charge in [-0.15, -0.1) is 56.7 Å². The molecule has 94 heavy (non-hydrogen) atoms. The number of pyridine rings is 1. The van der Waals surface area contributed by atoms with E-state index in [9.17, 15) is 39.4 Å². The van der Waals surface area contributed by atoms with E-state index < -0.39 is 127 Å². The van der Waals surface area contributed by atoms with Crippen molar-refractivity contribution in [1.29, 1.82) is 0 Å². The second-order valence-corrected chi connectivity index (χ2v) is 26.9. The van der Waals surface area contributed by atoms with E-state index in [1.54, 1.807) is 17.5 Å². The maximum absolute atomic E-state index is 15.2. The fraction of sp³-hybridized carbons (Fsp3) is 0.373. The van der Waals surface area contributed by atoms with Crippen molar-refractivity contribution in [2.75, 3.05) is 34.6 Å². The molecular formula is C59H56N12O18S5. The van der Waals surface area contributed by atoms with E-state index in [4.69, 9.17) is 52.8 Å². The van der Waals surface area contributed by atoms with Crippen molar-refractivity contribution < 1.29 is 86.9 Å². The number of hydrogen-bond donors (Lipinski definition) is 7. The van der Waals surface area contributed by atoms with Crippen LogP contribution in [0.2, 0.25) is 0 Å². The first-order valence-electron chi connectivity index (χ1n) is 28.8. The zero-order valence-corrected chi connectivity index (χ0v) is 54.6. The van der Waals surface area contributed by atoms with Crippen LogP contribution in [-0.2, 0) is 60.7 Å². The van der Waals surface area contributed by atoms with Crippen molar-refractivity contribution >= 4 is 115 Å². The number of methoxy groups -OCH3 is 2. The molecule has 30 nitrogen and oxygen atoms in total. The van der Waals surface area contributed by atoms with Gasteiger partial charge in [-0.25, -0.2) is 44.3 Å². The number of carbonyl (C=O) groups excluding carboxylic acids is 7. The Hall–Kier alpha value is -8.75. The number of ether oxygens (including phenoxy) is 8. The van der Waals surface area contributed by atoms with Gasteiger partial charge >= 0.3 is 17.9 Å². The number of cyclic esters (lactones) is 2. The molecular weight excluding hydrogens is 1330 g/mol. The van der Waals surface area contributed by atoms with E-state index >= 15 is 9.59 Å². The molecule has 4 amide bonds. The summed E-state index contributed by atoms with van der Waals surface area (Å²) in [6.45, 7) is 5.15. The summed E-state index contributed by atoms with van der Waals surface area (Å²) in [5.74, 6) is -6.80. The van der Waals surface area contributed by atoms with Gasteiger partial charge in [-0.1, -0.05) is 12.1 Å². The number of likely N-dealkylation sites (N-methyl/N-ethyl adjacent to an activating group) is 1. The molecule has 0 saturated carbocycles. The first-order valence-corrected chi connectivity index (χ1v) is 33.2. The van der Waals surface area contributed by atoms with Crippen LogP contribution in [0.3, 0.4) is 0 Å². The average Bonchev–Trinajstić information content (AvgIpc) is 1.58. The molecule has 2 fully saturated rings. The van der Waals surface area contributed by atoms with Crippen LogP contribution < -0.4 is 21.3 Å². The summed E-state index contributed by atoms with van der Waals surface area (Å²) in [5.41, 5.74) is -1.48. The van der Waals surface area contributed by atoms with Crippen LogP contribution >= 0.6 is 56.7 Å². The zero-order valence-electron chi connectivity index (χ0n) is 50.5. The predicted molar refractivity (Wildman–Crippen MR) is 333 cm³/mol. The number of fused-ring (bicyclic) bond motifs is 16. The third-order valence-corrected chi connectivity index (χ3v) is 20.9. The summed E-state index contributed by atoms with van der Waals surface area (Å²) in [7, 11) is 4.40. The predicted octanol–water partition coefficient (Wildman–Crippen LogP) is 5.31. The molecule has 1 aromatic carbocycles. The summed E-state index contributed by atoms with van der Waals surface area (Å²) in [5, 5.41) is 53.7. The number of aliphatic hydroxyl groups excluding tert-OH is 1. The maximum atomic E-state index is 15.2. The molecule has 7 aromatic heterocycles. The number of aromatic hydroxyl groups is 1. The van der Waals surface area contributed by atoms with Crippen LogP contribution in [-0.4, -0.2) is 179 Å². The second kappa shape index (κ2) is 25.5. The second-order valence-electron chi connectivity index (χ2n) is 22.5. The zero-order chi connectivity index (χ0) is 66.2. The van der Waals surface area contributed by atoms with Gasteiger partial charge in [-0.3, -0.25) is 24.1 Å². The van der Waals surface area contributed by atoms with Gasteiger partial charge in [-0.2, -0.15) is 4.73 Å². The third kappa shape index (κ3) is 11.8. The average molecular weight is 1380 g/mol. The minimum Gasteiger partial charge on any atom is -0.506 e. The highest BCUT2D eigenvalue weighted by Gasteiger charge is 2.54. The lowest BCUT2D eigenvalue weighted by Gasteiger charge is -2.45. The molecule has 2 saturated heterocycles. The lowest BCUT2D eigenvalue weighted by atomic mass is 9.86. The van der Waals surface area contributed by atoms with Crippen LogP contribution in [0.25, 0.3) is 49.3 Å². The number of benzene rings is 1. The minimum absolute atomic E-state index is 0.0127. The third-order valence-electron chi connectivity index (χ3n) is 16.4. The summed E-state index contributed by atoms with van der Waals surface area (Å²) < 4.78 is 49.8. The van der Waals surface area contributed by atoms with Crippen LogP contribution in [0.1, 0.15) is 125 Å². The molecule has 10 unspecified atom stereocenters. The van der Waals surface area contributed by atoms with Crippen LogP contribution in [0.4, 0.5) is 0 Å². The van der Waals surface area contributed by atoms with Crippen molar-refractivity contribution in [2.45, 2.75) is 108 Å². The van der Waals surface area contributed by atoms with Gasteiger partial charge in [-0.05, 0) is 52.4 Å². The van der Waals surface area contributed by atoms with Gasteiger partial charge < -0.3 is 74.6 Å². The van der Waals surface area contributed by atoms with Crippen molar-refractivity contribution in [3.05, 3.63) is 112 Å². The van der Waals surface area contributed by atoms with E-state index in [0.29, 0.717) is 10.3 Å². The van der Waals surface area contributed by atoms with E-state index in [-0.39, 0.29) is 118 Å². The molecule has 0 aliphatic carbocycles. The quantitative estimate of drug-likeness (QED) is 0.0479. The number of thiazole rings is 5. The summed E-state index contributed by atoms with van der Waals surface area (Å²) >= 11 is 4.71. The smallest absolute Gasteiger partial charge is 0.358 e. The largest absolute Gasteiger partial charge is 0.506 e. The molecule has 0 radical (unpaired) electrons. The molecule has 0 spiro atoms. The number of carbonyl (C=O) groups is 7. The number of aromatic nitrogens is 7. The normalized spacial score (nSPS) is 25.4. The summed E-state index contributed by atoms with van der Waals surface area (Å²) in [6.07, 6.45) is -6.67. The first kappa shape index (κ1) is 64.0. The Kier molecular flexibility index (Phi) is 17.4. The van der Waals surface area contributed by atoms with Gasteiger partial charge in [0.15, 0.2) is 23.8 Å². The molecule has 12 bridgehead atoms. The van der Waals surface area contributed by atoms with Crippen molar-refractivity contribution in [1.82, 2.24) is 60.8 Å². The Balaban J connectivity index is 0.993. The highest BCUT2D eigenvalue weighted by atomic mass is 32.1. The monoisotopic (exact) mass is 1380 g/mol. The Bertz CT molecular complexity index is 4420. The Labute approximate surface area is 551 Å². The highest BCUT2D eigenvalue weighted by Crippen LogP contribution is 2.44. The van der Waals surface area contributed by atoms with Crippen LogP contribution in [0, 0.1) is 0 Å². The highest BCUT2D eigenvalue weighted by molar-refractivity contribution is 7.14. The Morgan fingerprint density at radius 3 is 2.27 bits per heavy atom. The number of nitrogens with zero attached hydrogens (tertiary/aromatic N) is 8. The number of esters is 3. The summed E-state index contributed by atoms with van der Waals surface area (Å²) in [6, 6.07) is 1.28. The Morgan fingerprint density at radius 1 is 0.809 bits per heavy atom. The molecule has 7 N–H and O–H groups in total. The van der Waals surface area contributed by atoms with Crippen LogP contribution in [0.5, 0.6) is 5.75 Å². The topological polar surface area (TPSA) is 388 Å². The van der Waals surface area contributed by atoms with Gasteiger partial charge in [0, 0.05) is 49.8 Å². The standard InChI is InChI=1S/C59H56N12O18S5/c1-22(72)38-50(77)68-39(23(2)82-6)53-63-32(19-92-53)49(76)69-42-44-45(89-36-12-59(4)46(24(3)88-36)70(5)21-87-59)58(80)85-13-25-9-8-10-34-37(25)27(14-84-44)43(71(34)81)57(79)86-15-28(60-47(74)30-18-93-55(42)64-30)52-61-29(16-91-52)40-26(51-62-31(17-90-51)48(75)67-38)11-35(73)41(66-40)54-65-33(20-94-54)56(78)83-7/h8-11,16-20,22,24,28,36,38,42,44-46,72-73,81H,12-15,21H2,1-7H3,(H,60,74)(H,67,75)(H,68,77)(H,69,76)/b39-23+. The van der Waals surface area contributed by atoms with Crippen LogP contribution in [0.15, 0.2) is 56.9 Å². The Morgan fingerprint density at radius 2 is 1.50 bits per heavy atom. The number of hydrogen-bond acceptors (Lipinski definition) is 30. The molecule has 8 aromatic rings. The lowest BCUT2D eigenvalue weighted by molar-refractivity contribution is -0.268. The molecule has 5 aliphatic rings. The first-order chi connectivity index (χ1) is 45.1. The van der Waals surface area contributed by atoms with Crippen molar-refractivity contribution in [3.63, 3.8) is 0 Å². The number of rotatable bonds is 6. The minimum atomic E-state index is -1.83. The number of nitrogens with one attached hydrogen (secondary N) is 4. The fourth-order valence-corrected chi connectivity index (χ4v) is 16.0. The SMILES string of the molecule is COC(=O)c1csc(-c2nc3c(cc2O)-c2nc(cs2)C(=O)NC(C(C)O)C(=O)N/C(=C(\C)OC)c2nc(cs2)C(=O)NC2c4nc(cs4)C(=O)NC(COC(=O)c4c5c6c(cccc6n4O)COC(=O)C(OC4CC6(C)OCN(C)C6C(C)O4)C2OC5)c2nc-3cs2)n1. The number of allylic oxidation sites excluding steroid dienone is 1. The van der Waals surface area contributed by atoms with Crippen molar-refractivity contribution in [2.24, 2.45) is 0 Å². The molecule has 35 heteroatoms. The van der Waals surface area contributed by atoms with E-state index in [1.165, 1.54) is 61.7 Å². The van der Waals surface area contributed by atoms with E-state index in [2.05, 4.69) is 36.2 Å². The van der Waals surface area contributed by atoms with Gasteiger partial charge in [0.05, 0.1) is 56.9 Å². The number of aliphatic hydroxyl groups is 1. The fourth-order valence-electron chi connectivity index (χ4n) is 11.9. The van der Waals surface area contributed by atoms with Gasteiger partial charge in [0.25, 0.3) is 17.7 Å². The molecule has 10 atom stereocenters. The van der Waals surface area contributed by atoms with Crippen molar-refractivity contribution in [3.8, 4) is 38.4 Å². The molecule has 5 aliphatic heterocycles. The number of amides is 4. The molecule has 490 valence electrons. The van der Waals surface area contributed by atoms with Gasteiger partial charge in [0.2, 0.25) is 5.91 Å². The van der Waals surface area contributed by atoms with E-state index in [0.717, 1.165) is 56.7 Å². The van der Waals surface area contributed by atoms with E-state index in [1.807, 2.05) is 25.8 Å².